The van der Waals surface area contributed by atoms with Crippen molar-refractivity contribution >= 4 is 10.0 Å². The molecular weight excluding hydrogens is 224 g/mol. The minimum Gasteiger partial charge on any atom is -0.326 e. The van der Waals surface area contributed by atoms with Gasteiger partial charge in [-0.1, -0.05) is 18.2 Å². The molecule has 0 saturated carbocycles. The van der Waals surface area contributed by atoms with Crippen molar-refractivity contribution in [2.45, 2.75) is 11.4 Å². The van der Waals surface area contributed by atoms with Gasteiger partial charge in [0, 0.05) is 20.1 Å². The number of benzene rings is 1. The summed E-state index contributed by atoms with van der Waals surface area (Å²) in [6.45, 7) is 4.13. The van der Waals surface area contributed by atoms with Gasteiger partial charge in [0.15, 0.2) is 0 Å². The second-order valence-corrected chi connectivity index (χ2v) is 5.47. The summed E-state index contributed by atoms with van der Waals surface area (Å²) in [5.41, 5.74) is 6.27. The van der Waals surface area contributed by atoms with Gasteiger partial charge in [-0.15, -0.1) is 6.58 Å². The van der Waals surface area contributed by atoms with Crippen LogP contribution in [0.2, 0.25) is 0 Å². The molecular formula is C11H16N2O2S. The molecule has 2 N–H and O–H groups in total. The van der Waals surface area contributed by atoms with Crippen molar-refractivity contribution in [2.24, 2.45) is 5.73 Å². The smallest absolute Gasteiger partial charge is 0.243 e. The second-order valence-electron chi connectivity index (χ2n) is 3.43. The first-order valence-corrected chi connectivity index (χ1v) is 6.32. The average molecular weight is 240 g/mol. The normalized spacial score (nSPS) is 11.7. The number of hydrogen-bond donors (Lipinski definition) is 1. The van der Waals surface area contributed by atoms with E-state index in [2.05, 4.69) is 6.58 Å². The predicted molar refractivity (Wildman–Crippen MR) is 64.3 cm³/mol. The summed E-state index contributed by atoms with van der Waals surface area (Å²) in [7, 11) is -1.91. The van der Waals surface area contributed by atoms with E-state index in [4.69, 9.17) is 5.73 Å². The molecule has 0 aromatic heterocycles. The molecule has 88 valence electrons. The second kappa shape index (κ2) is 5.25. The third-order valence-corrected chi connectivity index (χ3v) is 4.05. The molecule has 0 amide bonds. The molecule has 0 fully saturated rings. The van der Waals surface area contributed by atoms with Crippen molar-refractivity contribution < 1.29 is 8.42 Å². The van der Waals surface area contributed by atoms with Gasteiger partial charge in [0.05, 0.1) is 4.90 Å². The van der Waals surface area contributed by atoms with Crippen molar-refractivity contribution in [1.29, 1.82) is 0 Å². The molecule has 1 aromatic rings. The number of nitrogens with zero attached hydrogens (tertiary/aromatic N) is 1. The van der Waals surface area contributed by atoms with Crippen molar-refractivity contribution in [2.75, 3.05) is 13.6 Å². The van der Waals surface area contributed by atoms with Crippen molar-refractivity contribution in [3.05, 3.63) is 42.5 Å². The molecule has 0 unspecified atom stereocenters. The highest BCUT2D eigenvalue weighted by atomic mass is 32.2. The molecule has 1 rings (SSSR count). The molecule has 0 aliphatic heterocycles. The lowest BCUT2D eigenvalue weighted by molar-refractivity contribution is 0.499. The van der Waals surface area contributed by atoms with Crippen LogP contribution in [0.4, 0.5) is 0 Å². The quantitative estimate of drug-likeness (QED) is 0.779. The third kappa shape index (κ3) is 2.69. The number of likely N-dealkylation sites (N-methyl/N-ethyl adjacent to an activating group) is 1. The Morgan fingerprint density at radius 1 is 1.50 bits per heavy atom. The van der Waals surface area contributed by atoms with E-state index in [1.807, 2.05) is 0 Å². The lowest BCUT2D eigenvalue weighted by Gasteiger charge is -2.15. The summed E-state index contributed by atoms with van der Waals surface area (Å²) in [6, 6.07) is 6.65. The van der Waals surface area contributed by atoms with Crippen LogP contribution in [0.1, 0.15) is 5.56 Å². The van der Waals surface area contributed by atoms with Crippen LogP contribution < -0.4 is 5.73 Å². The van der Waals surface area contributed by atoms with E-state index in [-0.39, 0.29) is 11.4 Å². The van der Waals surface area contributed by atoms with Gasteiger partial charge in [0.2, 0.25) is 10.0 Å². The van der Waals surface area contributed by atoms with E-state index >= 15 is 0 Å². The van der Waals surface area contributed by atoms with Gasteiger partial charge in [-0.05, 0) is 17.7 Å². The maximum atomic E-state index is 12.0. The lowest BCUT2D eigenvalue weighted by atomic mass is 10.2. The van der Waals surface area contributed by atoms with E-state index in [0.717, 1.165) is 5.56 Å². The zero-order valence-electron chi connectivity index (χ0n) is 9.26. The Morgan fingerprint density at radius 2 is 2.19 bits per heavy atom. The summed E-state index contributed by atoms with van der Waals surface area (Å²) in [6.07, 6.45) is 1.55. The van der Waals surface area contributed by atoms with E-state index in [1.165, 1.54) is 11.4 Å². The molecule has 5 heteroatoms. The summed E-state index contributed by atoms with van der Waals surface area (Å²) < 4.78 is 25.3. The SMILES string of the molecule is C=CCN(C)S(=O)(=O)c1cccc(CN)c1. The highest BCUT2D eigenvalue weighted by Gasteiger charge is 2.19. The Bertz CT molecular complexity index is 469. The van der Waals surface area contributed by atoms with Crippen LogP contribution in [-0.4, -0.2) is 26.3 Å². The highest BCUT2D eigenvalue weighted by Crippen LogP contribution is 2.15. The fraction of sp³-hybridized carbons (Fsp3) is 0.273. The molecule has 0 bridgehead atoms. The molecule has 0 aliphatic rings. The summed E-state index contributed by atoms with van der Waals surface area (Å²) in [4.78, 5) is 0.264. The molecule has 16 heavy (non-hydrogen) atoms. The number of hydrogen-bond acceptors (Lipinski definition) is 3. The predicted octanol–water partition coefficient (Wildman–Crippen LogP) is 0.952. The minimum atomic E-state index is -3.43. The highest BCUT2D eigenvalue weighted by molar-refractivity contribution is 7.89. The average Bonchev–Trinajstić information content (AvgIpc) is 2.29. The Labute approximate surface area is 96.4 Å². The molecule has 4 nitrogen and oxygen atoms in total. The minimum absolute atomic E-state index is 0.264. The van der Waals surface area contributed by atoms with Crippen LogP contribution in [0.15, 0.2) is 41.8 Å². The van der Waals surface area contributed by atoms with Crippen LogP contribution in [0.3, 0.4) is 0 Å². The Balaban J connectivity index is 3.11. The monoisotopic (exact) mass is 240 g/mol. The third-order valence-electron chi connectivity index (χ3n) is 2.23. The van der Waals surface area contributed by atoms with E-state index < -0.39 is 10.0 Å². The molecule has 0 radical (unpaired) electrons. The zero-order valence-corrected chi connectivity index (χ0v) is 10.1. The van der Waals surface area contributed by atoms with Gasteiger partial charge in [-0.3, -0.25) is 0 Å². The first-order chi connectivity index (χ1) is 7.52. The molecule has 0 spiro atoms. The summed E-state index contributed by atoms with van der Waals surface area (Å²) in [5.74, 6) is 0. The Hall–Kier alpha value is -1.17. The lowest BCUT2D eigenvalue weighted by Crippen LogP contribution is -2.27. The first kappa shape index (κ1) is 12.9. The van der Waals surface area contributed by atoms with E-state index in [0.29, 0.717) is 6.54 Å². The molecule has 0 atom stereocenters. The molecule has 1 aromatic carbocycles. The maximum Gasteiger partial charge on any atom is 0.243 e. The van der Waals surface area contributed by atoms with Crippen LogP contribution in [0.5, 0.6) is 0 Å². The van der Waals surface area contributed by atoms with Crippen molar-refractivity contribution in [3.63, 3.8) is 0 Å². The van der Waals surface area contributed by atoms with Gasteiger partial charge >= 0.3 is 0 Å². The van der Waals surface area contributed by atoms with Crippen LogP contribution in [0.25, 0.3) is 0 Å². The Morgan fingerprint density at radius 3 is 2.75 bits per heavy atom. The number of nitrogens with two attached hydrogens (primary N) is 1. The van der Waals surface area contributed by atoms with Crippen molar-refractivity contribution in [3.8, 4) is 0 Å². The van der Waals surface area contributed by atoms with Crippen LogP contribution in [-0.2, 0) is 16.6 Å². The van der Waals surface area contributed by atoms with Gasteiger partial charge in [0.25, 0.3) is 0 Å². The maximum absolute atomic E-state index is 12.0. The largest absolute Gasteiger partial charge is 0.326 e. The molecule has 0 aliphatic carbocycles. The van der Waals surface area contributed by atoms with Gasteiger partial charge in [-0.25, -0.2) is 8.42 Å². The molecule has 0 saturated heterocycles. The molecule has 0 heterocycles. The fourth-order valence-corrected chi connectivity index (χ4v) is 2.51. The first-order valence-electron chi connectivity index (χ1n) is 4.88. The van der Waals surface area contributed by atoms with Crippen molar-refractivity contribution in [1.82, 2.24) is 4.31 Å². The number of sulfonamides is 1. The van der Waals surface area contributed by atoms with Gasteiger partial charge in [0.1, 0.15) is 0 Å². The van der Waals surface area contributed by atoms with E-state index in [9.17, 15) is 8.42 Å². The van der Waals surface area contributed by atoms with E-state index in [1.54, 1.807) is 30.3 Å². The zero-order chi connectivity index (χ0) is 12.2. The fourth-order valence-electron chi connectivity index (χ4n) is 1.29. The topological polar surface area (TPSA) is 63.4 Å². The number of rotatable bonds is 5. The van der Waals surface area contributed by atoms with Crippen LogP contribution >= 0.6 is 0 Å². The Kier molecular flexibility index (Phi) is 4.23. The summed E-state index contributed by atoms with van der Waals surface area (Å²) >= 11 is 0. The standard InChI is InChI=1S/C11H16N2O2S/c1-3-7-13(2)16(14,15)11-6-4-5-10(8-11)9-12/h3-6,8H,1,7,9,12H2,2H3. The van der Waals surface area contributed by atoms with Gasteiger partial charge in [-0.2, -0.15) is 4.31 Å². The summed E-state index contributed by atoms with van der Waals surface area (Å²) in [5, 5.41) is 0. The van der Waals surface area contributed by atoms with Crippen LogP contribution in [0, 0.1) is 0 Å². The van der Waals surface area contributed by atoms with Gasteiger partial charge < -0.3 is 5.73 Å².